The van der Waals surface area contributed by atoms with Crippen LogP contribution < -0.4 is 0 Å². The average molecular weight is 195 g/mol. The molecule has 0 aliphatic heterocycles. The van der Waals surface area contributed by atoms with Gasteiger partial charge in [0.1, 0.15) is 0 Å². The maximum Gasteiger partial charge on any atom is 0.0378 e. The van der Waals surface area contributed by atoms with Gasteiger partial charge in [0.15, 0.2) is 0 Å². The minimum Gasteiger partial charge on any atom is -0.262 e. The number of aryl methyl sites for hydroxylation is 1. The van der Waals surface area contributed by atoms with Crippen molar-refractivity contribution in [3.8, 4) is 0 Å². The summed E-state index contributed by atoms with van der Waals surface area (Å²) in [6, 6.07) is 14.4. The summed E-state index contributed by atoms with van der Waals surface area (Å²) in [4.78, 5) is 4.16. The predicted octanol–water partition coefficient (Wildman–Crippen LogP) is 3.56. The molecule has 0 saturated heterocycles. The SMILES string of the molecule is Cc1cc(/C=C/c2ccccc2)ccn1. The first-order chi connectivity index (χ1) is 7.34. The third-order valence-corrected chi connectivity index (χ3v) is 2.19. The van der Waals surface area contributed by atoms with Crippen LogP contribution in [0, 0.1) is 6.92 Å². The number of aromatic nitrogens is 1. The molecule has 2 rings (SSSR count). The molecule has 0 amide bonds. The van der Waals surface area contributed by atoms with Crippen LogP contribution in [0.2, 0.25) is 0 Å². The Balaban J connectivity index is 2.19. The summed E-state index contributed by atoms with van der Waals surface area (Å²) in [6.45, 7) is 2.00. The standard InChI is InChI=1S/C14H13N/c1-12-11-14(9-10-15-12)8-7-13-5-3-2-4-6-13/h2-11H,1H3/b8-7+. The van der Waals surface area contributed by atoms with Crippen LogP contribution in [0.4, 0.5) is 0 Å². The van der Waals surface area contributed by atoms with Gasteiger partial charge in [-0.05, 0) is 30.2 Å². The lowest BCUT2D eigenvalue weighted by atomic mass is 10.1. The van der Waals surface area contributed by atoms with Gasteiger partial charge in [-0.2, -0.15) is 0 Å². The molecule has 0 N–H and O–H groups in total. The van der Waals surface area contributed by atoms with E-state index in [1.54, 1.807) is 0 Å². The second-order valence-electron chi connectivity index (χ2n) is 3.47. The van der Waals surface area contributed by atoms with Crippen molar-refractivity contribution in [1.82, 2.24) is 4.98 Å². The van der Waals surface area contributed by atoms with E-state index >= 15 is 0 Å². The zero-order valence-corrected chi connectivity index (χ0v) is 8.72. The third-order valence-electron chi connectivity index (χ3n) is 2.19. The monoisotopic (exact) mass is 195 g/mol. The van der Waals surface area contributed by atoms with Crippen molar-refractivity contribution in [2.45, 2.75) is 6.92 Å². The first-order valence-electron chi connectivity index (χ1n) is 5.00. The number of pyridine rings is 1. The van der Waals surface area contributed by atoms with Crippen LogP contribution in [0.5, 0.6) is 0 Å². The molecule has 0 radical (unpaired) electrons. The molecule has 0 fully saturated rings. The number of hydrogen-bond acceptors (Lipinski definition) is 1. The van der Waals surface area contributed by atoms with Gasteiger partial charge in [-0.25, -0.2) is 0 Å². The fourth-order valence-electron chi connectivity index (χ4n) is 1.43. The summed E-state index contributed by atoms with van der Waals surface area (Å²) >= 11 is 0. The first kappa shape index (κ1) is 9.66. The van der Waals surface area contributed by atoms with Crippen molar-refractivity contribution >= 4 is 12.2 Å². The average Bonchev–Trinajstić information content (AvgIpc) is 2.28. The number of nitrogens with zero attached hydrogens (tertiary/aromatic N) is 1. The molecule has 0 unspecified atom stereocenters. The molecule has 0 spiro atoms. The molecule has 15 heavy (non-hydrogen) atoms. The predicted molar refractivity (Wildman–Crippen MR) is 64.3 cm³/mol. The van der Waals surface area contributed by atoms with Gasteiger partial charge in [0.05, 0.1) is 0 Å². The van der Waals surface area contributed by atoms with Crippen LogP contribution in [0.15, 0.2) is 48.7 Å². The van der Waals surface area contributed by atoms with Crippen LogP contribution in [-0.4, -0.2) is 4.98 Å². The molecule has 74 valence electrons. The molecule has 1 aromatic heterocycles. The normalized spacial score (nSPS) is 10.7. The summed E-state index contributed by atoms with van der Waals surface area (Å²) in [5, 5.41) is 0. The summed E-state index contributed by atoms with van der Waals surface area (Å²) in [5.74, 6) is 0. The van der Waals surface area contributed by atoms with E-state index in [1.165, 1.54) is 11.1 Å². The van der Waals surface area contributed by atoms with Gasteiger partial charge in [-0.3, -0.25) is 4.98 Å². The molecule has 2 aromatic rings. The molecular formula is C14H13N. The van der Waals surface area contributed by atoms with Crippen LogP contribution in [0.1, 0.15) is 16.8 Å². The Morgan fingerprint density at radius 2 is 1.67 bits per heavy atom. The van der Waals surface area contributed by atoms with Crippen molar-refractivity contribution in [1.29, 1.82) is 0 Å². The smallest absolute Gasteiger partial charge is 0.0378 e. The highest BCUT2D eigenvalue weighted by atomic mass is 14.6. The van der Waals surface area contributed by atoms with Gasteiger partial charge in [-0.15, -0.1) is 0 Å². The summed E-state index contributed by atoms with van der Waals surface area (Å²) < 4.78 is 0. The van der Waals surface area contributed by atoms with Crippen molar-refractivity contribution in [2.75, 3.05) is 0 Å². The zero-order valence-electron chi connectivity index (χ0n) is 8.72. The van der Waals surface area contributed by atoms with E-state index in [4.69, 9.17) is 0 Å². The summed E-state index contributed by atoms with van der Waals surface area (Å²) in [6.07, 6.45) is 6.04. The minimum absolute atomic E-state index is 1.05. The minimum atomic E-state index is 1.05. The Kier molecular flexibility index (Phi) is 2.93. The van der Waals surface area contributed by atoms with E-state index in [2.05, 4.69) is 35.3 Å². The van der Waals surface area contributed by atoms with E-state index in [1.807, 2.05) is 37.4 Å². The maximum absolute atomic E-state index is 4.16. The van der Waals surface area contributed by atoms with Gasteiger partial charge in [0, 0.05) is 11.9 Å². The molecule has 1 heteroatoms. The summed E-state index contributed by atoms with van der Waals surface area (Å²) in [7, 11) is 0. The Morgan fingerprint density at radius 1 is 0.933 bits per heavy atom. The molecule has 0 aliphatic rings. The molecule has 0 aliphatic carbocycles. The van der Waals surface area contributed by atoms with E-state index < -0.39 is 0 Å². The zero-order chi connectivity index (χ0) is 10.5. The molecule has 1 aromatic carbocycles. The van der Waals surface area contributed by atoms with Crippen LogP contribution in [-0.2, 0) is 0 Å². The van der Waals surface area contributed by atoms with Crippen molar-refractivity contribution in [2.24, 2.45) is 0 Å². The Labute approximate surface area is 90.1 Å². The largest absolute Gasteiger partial charge is 0.262 e. The Morgan fingerprint density at radius 3 is 2.40 bits per heavy atom. The Bertz CT molecular complexity index is 458. The number of benzene rings is 1. The Hall–Kier alpha value is -1.89. The highest BCUT2D eigenvalue weighted by Crippen LogP contribution is 2.07. The summed E-state index contributed by atoms with van der Waals surface area (Å²) in [5.41, 5.74) is 3.45. The highest BCUT2D eigenvalue weighted by Gasteiger charge is 1.88. The lowest BCUT2D eigenvalue weighted by Gasteiger charge is -1.95. The van der Waals surface area contributed by atoms with Crippen molar-refractivity contribution in [3.05, 3.63) is 65.5 Å². The van der Waals surface area contributed by atoms with Crippen LogP contribution in [0.25, 0.3) is 12.2 Å². The quantitative estimate of drug-likeness (QED) is 0.714. The molecular weight excluding hydrogens is 182 g/mol. The molecule has 0 atom stereocenters. The molecule has 1 heterocycles. The second kappa shape index (κ2) is 4.56. The van der Waals surface area contributed by atoms with E-state index in [-0.39, 0.29) is 0 Å². The topological polar surface area (TPSA) is 12.9 Å². The van der Waals surface area contributed by atoms with Gasteiger partial charge in [0.25, 0.3) is 0 Å². The number of rotatable bonds is 2. The van der Waals surface area contributed by atoms with Gasteiger partial charge in [0.2, 0.25) is 0 Å². The molecule has 0 saturated carbocycles. The van der Waals surface area contributed by atoms with Gasteiger partial charge >= 0.3 is 0 Å². The lowest BCUT2D eigenvalue weighted by Crippen LogP contribution is -1.80. The van der Waals surface area contributed by atoms with Crippen LogP contribution >= 0.6 is 0 Å². The van der Waals surface area contributed by atoms with Gasteiger partial charge < -0.3 is 0 Å². The van der Waals surface area contributed by atoms with Crippen LogP contribution in [0.3, 0.4) is 0 Å². The third kappa shape index (κ3) is 2.78. The van der Waals surface area contributed by atoms with Crippen molar-refractivity contribution < 1.29 is 0 Å². The maximum atomic E-state index is 4.16. The van der Waals surface area contributed by atoms with E-state index in [9.17, 15) is 0 Å². The fourth-order valence-corrected chi connectivity index (χ4v) is 1.43. The lowest BCUT2D eigenvalue weighted by molar-refractivity contribution is 1.20. The highest BCUT2D eigenvalue weighted by molar-refractivity contribution is 5.69. The van der Waals surface area contributed by atoms with E-state index in [0.717, 1.165) is 5.69 Å². The first-order valence-corrected chi connectivity index (χ1v) is 5.00. The molecule has 1 nitrogen and oxygen atoms in total. The number of hydrogen-bond donors (Lipinski definition) is 0. The van der Waals surface area contributed by atoms with Gasteiger partial charge in [-0.1, -0.05) is 42.5 Å². The fraction of sp³-hybridized carbons (Fsp3) is 0.0714. The second-order valence-corrected chi connectivity index (χ2v) is 3.47. The van der Waals surface area contributed by atoms with E-state index in [0.29, 0.717) is 0 Å². The molecule has 0 bridgehead atoms. The van der Waals surface area contributed by atoms with Crippen molar-refractivity contribution in [3.63, 3.8) is 0 Å².